The fraction of sp³-hybridized carbons (Fsp3) is 0.471. The highest BCUT2D eigenvalue weighted by molar-refractivity contribution is 6.03. The van der Waals surface area contributed by atoms with Crippen molar-refractivity contribution < 1.29 is 14.3 Å². The fourth-order valence-electron chi connectivity index (χ4n) is 2.51. The average molecular weight is 274 g/mol. The molecule has 0 aliphatic carbocycles. The zero-order valence-electron chi connectivity index (χ0n) is 12.4. The molecule has 3 nitrogen and oxygen atoms in total. The largest absolute Gasteiger partial charge is 0.497 e. The molecule has 0 N–H and O–H groups in total. The van der Waals surface area contributed by atoms with E-state index in [2.05, 4.69) is 6.92 Å². The maximum Gasteiger partial charge on any atom is 0.338 e. The first-order valence-corrected chi connectivity index (χ1v) is 7.29. The Bertz CT molecular complexity index is 499. The van der Waals surface area contributed by atoms with Crippen LogP contribution in [-0.4, -0.2) is 19.2 Å². The van der Waals surface area contributed by atoms with E-state index in [0.717, 1.165) is 48.1 Å². The number of ether oxygens (including phenoxy) is 2. The lowest BCUT2D eigenvalue weighted by molar-refractivity contribution is -0.155. The third-order valence-electron chi connectivity index (χ3n) is 3.71. The molecule has 0 radical (unpaired) electrons. The van der Waals surface area contributed by atoms with Gasteiger partial charge in [-0.15, -0.1) is 0 Å². The molecule has 1 saturated heterocycles. The highest BCUT2D eigenvalue weighted by Crippen LogP contribution is 2.35. The number of rotatable bonds is 6. The van der Waals surface area contributed by atoms with Crippen molar-refractivity contribution in [1.82, 2.24) is 0 Å². The summed E-state index contributed by atoms with van der Waals surface area (Å²) in [6, 6.07) is 7.92. The number of carbonyl (C=O) groups excluding carboxylic acids is 1. The zero-order valence-corrected chi connectivity index (χ0v) is 12.4. The SMILES string of the molecule is CCCC/C(=C1/C(=O)O[C@H]1CC)c1ccc(OC)cc1. The number of methoxy groups -OCH3 is 1. The molecule has 108 valence electrons. The Labute approximate surface area is 120 Å². The van der Waals surface area contributed by atoms with Gasteiger partial charge in [-0.05, 0) is 42.5 Å². The summed E-state index contributed by atoms with van der Waals surface area (Å²) in [5, 5.41) is 0. The van der Waals surface area contributed by atoms with Crippen molar-refractivity contribution in [2.45, 2.75) is 45.6 Å². The topological polar surface area (TPSA) is 35.5 Å². The molecule has 2 rings (SSSR count). The van der Waals surface area contributed by atoms with Crippen molar-refractivity contribution >= 4 is 11.5 Å². The number of carbonyl (C=O) groups is 1. The first-order valence-electron chi connectivity index (χ1n) is 7.29. The van der Waals surface area contributed by atoms with Gasteiger partial charge in [0.15, 0.2) is 0 Å². The molecule has 0 bridgehead atoms. The highest BCUT2D eigenvalue weighted by atomic mass is 16.6. The number of benzene rings is 1. The van der Waals surface area contributed by atoms with E-state index in [1.54, 1.807) is 7.11 Å². The average Bonchev–Trinajstić information content (AvgIpc) is 2.48. The zero-order chi connectivity index (χ0) is 14.5. The third-order valence-corrected chi connectivity index (χ3v) is 3.71. The van der Waals surface area contributed by atoms with Crippen molar-refractivity contribution in [2.24, 2.45) is 0 Å². The first-order chi connectivity index (χ1) is 9.71. The third kappa shape index (κ3) is 2.87. The second-order valence-corrected chi connectivity index (χ2v) is 5.03. The van der Waals surface area contributed by atoms with Crippen LogP contribution in [0.3, 0.4) is 0 Å². The van der Waals surface area contributed by atoms with E-state index in [1.807, 2.05) is 31.2 Å². The number of esters is 1. The lowest BCUT2D eigenvalue weighted by atomic mass is 9.88. The molecule has 0 unspecified atom stereocenters. The number of cyclic esters (lactones) is 1. The summed E-state index contributed by atoms with van der Waals surface area (Å²) in [7, 11) is 1.65. The molecule has 1 aromatic carbocycles. The molecule has 0 saturated carbocycles. The minimum absolute atomic E-state index is 0.0311. The normalized spacial score (nSPS) is 20.1. The van der Waals surface area contributed by atoms with Crippen LogP contribution in [0.1, 0.15) is 45.1 Å². The Morgan fingerprint density at radius 1 is 1.25 bits per heavy atom. The van der Waals surface area contributed by atoms with Gasteiger partial charge in [-0.1, -0.05) is 32.4 Å². The van der Waals surface area contributed by atoms with Gasteiger partial charge < -0.3 is 9.47 Å². The van der Waals surface area contributed by atoms with Crippen LogP contribution >= 0.6 is 0 Å². The van der Waals surface area contributed by atoms with Crippen molar-refractivity contribution in [2.75, 3.05) is 7.11 Å². The number of hydrogen-bond acceptors (Lipinski definition) is 3. The highest BCUT2D eigenvalue weighted by Gasteiger charge is 2.37. The van der Waals surface area contributed by atoms with Crippen molar-refractivity contribution in [1.29, 1.82) is 0 Å². The van der Waals surface area contributed by atoms with Gasteiger partial charge in [-0.3, -0.25) is 0 Å². The molecule has 0 amide bonds. The van der Waals surface area contributed by atoms with Gasteiger partial charge in [0.1, 0.15) is 11.9 Å². The Balaban J connectivity index is 2.35. The minimum Gasteiger partial charge on any atom is -0.497 e. The van der Waals surface area contributed by atoms with Crippen LogP contribution in [0.2, 0.25) is 0 Å². The number of hydrogen-bond donors (Lipinski definition) is 0. The quantitative estimate of drug-likeness (QED) is 0.581. The van der Waals surface area contributed by atoms with E-state index >= 15 is 0 Å². The van der Waals surface area contributed by atoms with Crippen LogP contribution in [-0.2, 0) is 9.53 Å². The fourth-order valence-corrected chi connectivity index (χ4v) is 2.51. The van der Waals surface area contributed by atoms with Gasteiger partial charge in [0.05, 0.1) is 12.7 Å². The molecule has 1 heterocycles. The van der Waals surface area contributed by atoms with Gasteiger partial charge in [-0.2, -0.15) is 0 Å². The lowest BCUT2D eigenvalue weighted by Crippen LogP contribution is -2.37. The van der Waals surface area contributed by atoms with Gasteiger partial charge in [0.25, 0.3) is 0 Å². The van der Waals surface area contributed by atoms with Crippen LogP contribution < -0.4 is 4.74 Å². The number of allylic oxidation sites excluding steroid dienone is 1. The summed E-state index contributed by atoms with van der Waals surface area (Å²) < 4.78 is 10.4. The smallest absolute Gasteiger partial charge is 0.338 e. The molecule has 20 heavy (non-hydrogen) atoms. The van der Waals surface area contributed by atoms with Gasteiger partial charge in [0, 0.05) is 0 Å². The van der Waals surface area contributed by atoms with E-state index in [1.165, 1.54) is 0 Å². The van der Waals surface area contributed by atoms with Crippen LogP contribution in [0.15, 0.2) is 29.8 Å². The Morgan fingerprint density at radius 2 is 1.95 bits per heavy atom. The van der Waals surface area contributed by atoms with Gasteiger partial charge >= 0.3 is 5.97 Å². The lowest BCUT2D eigenvalue weighted by Gasteiger charge is -2.31. The van der Waals surface area contributed by atoms with Crippen molar-refractivity contribution in [3.63, 3.8) is 0 Å². The molecule has 1 atom stereocenters. The summed E-state index contributed by atoms with van der Waals surface area (Å²) in [5.41, 5.74) is 3.10. The Kier molecular flexibility index (Phi) is 4.83. The summed E-state index contributed by atoms with van der Waals surface area (Å²) in [4.78, 5) is 11.8. The van der Waals surface area contributed by atoms with E-state index in [4.69, 9.17) is 9.47 Å². The maximum absolute atomic E-state index is 11.8. The standard InChI is InChI=1S/C17H22O3/c1-4-6-7-14(16-15(5-2)20-17(16)18)12-8-10-13(19-3)11-9-12/h8-11,15H,4-7H2,1-3H3/b16-14-/t15-/m0/s1. The molecule has 0 spiro atoms. The molecule has 0 aromatic heterocycles. The van der Waals surface area contributed by atoms with Gasteiger partial charge in [0.2, 0.25) is 0 Å². The predicted molar refractivity (Wildman–Crippen MR) is 79.6 cm³/mol. The van der Waals surface area contributed by atoms with Crippen molar-refractivity contribution in [3.05, 3.63) is 35.4 Å². The van der Waals surface area contributed by atoms with Gasteiger partial charge in [-0.25, -0.2) is 4.79 Å². The summed E-state index contributed by atoms with van der Waals surface area (Å²) >= 11 is 0. The summed E-state index contributed by atoms with van der Waals surface area (Å²) in [6.45, 7) is 4.20. The van der Waals surface area contributed by atoms with Crippen LogP contribution in [0.4, 0.5) is 0 Å². The molecule has 1 aliphatic rings. The van der Waals surface area contributed by atoms with Crippen LogP contribution in [0, 0.1) is 0 Å². The first kappa shape index (κ1) is 14.6. The molecular formula is C17H22O3. The summed E-state index contributed by atoms with van der Waals surface area (Å²) in [6.07, 6.45) is 3.92. The van der Waals surface area contributed by atoms with E-state index < -0.39 is 0 Å². The Morgan fingerprint density at radius 3 is 2.45 bits per heavy atom. The Hall–Kier alpha value is -1.77. The van der Waals surface area contributed by atoms with Crippen molar-refractivity contribution in [3.8, 4) is 5.75 Å². The van der Waals surface area contributed by atoms with E-state index in [9.17, 15) is 4.79 Å². The minimum atomic E-state index is -0.154. The second-order valence-electron chi connectivity index (χ2n) is 5.03. The molecule has 3 heteroatoms. The monoisotopic (exact) mass is 274 g/mol. The molecule has 1 fully saturated rings. The molecular weight excluding hydrogens is 252 g/mol. The second kappa shape index (κ2) is 6.60. The van der Waals surface area contributed by atoms with Crippen LogP contribution in [0.5, 0.6) is 5.75 Å². The van der Waals surface area contributed by atoms with Crippen LogP contribution in [0.25, 0.3) is 5.57 Å². The molecule has 1 aliphatic heterocycles. The van der Waals surface area contributed by atoms with E-state index in [-0.39, 0.29) is 12.1 Å². The maximum atomic E-state index is 11.8. The summed E-state index contributed by atoms with van der Waals surface area (Å²) in [5.74, 6) is 0.676. The molecule has 1 aromatic rings. The number of unbranched alkanes of at least 4 members (excludes halogenated alkanes) is 1. The van der Waals surface area contributed by atoms with E-state index in [0.29, 0.717) is 0 Å². The predicted octanol–water partition coefficient (Wildman–Crippen LogP) is 3.97.